The summed E-state index contributed by atoms with van der Waals surface area (Å²) in [7, 11) is 0. The molecule has 3 heteroatoms. The smallest absolute Gasteiger partial charge is 0.127 e. The van der Waals surface area contributed by atoms with Gasteiger partial charge >= 0.3 is 0 Å². The van der Waals surface area contributed by atoms with Crippen LogP contribution in [0.5, 0.6) is 0 Å². The minimum absolute atomic E-state index is 0.00964. The van der Waals surface area contributed by atoms with Crippen molar-refractivity contribution in [3.63, 3.8) is 0 Å². The molecule has 1 aromatic carbocycles. The van der Waals surface area contributed by atoms with E-state index >= 15 is 0 Å². The number of halogens is 2. The van der Waals surface area contributed by atoms with Crippen LogP contribution in [0, 0.1) is 9.39 Å². The normalized spacial score (nSPS) is 13.0. The van der Waals surface area contributed by atoms with Crippen molar-refractivity contribution in [2.75, 3.05) is 0 Å². The third-order valence-corrected chi connectivity index (χ3v) is 2.60. The van der Waals surface area contributed by atoms with Gasteiger partial charge in [-0.05, 0) is 48.1 Å². The Hall–Kier alpha value is -0.160. The van der Waals surface area contributed by atoms with Crippen LogP contribution in [0.3, 0.4) is 0 Å². The van der Waals surface area contributed by atoms with E-state index in [9.17, 15) is 4.39 Å². The summed E-state index contributed by atoms with van der Waals surface area (Å²) < 4.78 is 14.1. The average molecular weight is 279 g/mol. The van der Waals surface area contributed by atoms with Crippen LogP contribution in [0.15, 0.2) is 18.2 Å². The maximum absolute atomic E-state index is 13.2. The van der Waals surface area contributed by atoms with Crippen molar-refractivity contribution in [3.8, 4) is 0 Å². The van der Waals surface area contributed by atoms with E-state index in [-0.39, 0.29) is 11.9 Å². The summed E-state index contributed by atoms with van der Waals surface area (Å²) in [6.07, 6.45) is 0.602. The van der Waals surface area contributed by atoms with Crippen LogP contribution < -0.4 is 5.73 Å². The van der Waals surface area contributed by atoms with Crippen molar-refractivity contribution in [2.24, 2.45) is 5.73 Å². The van der Waals surface area contributed by atoms with E-state index in [4.69, 9.17) is 5.73 Å². The maximum atomic E-state index is 13.2. The summed E-state index contributed by atoms with van der Waals surface area (Å²) in [5, 5.41) is 0. The van der Waals surface area contributed by atoms with Gasteiger partial charge in [0.1, 0.15) is 5.82 Å². The SMILES string of the molecule is C[C@H](N)Cc1c(F)cccc1I. The van der Waals surface area contributed by atoms with Crippen molar-refractivity contribution in [1.29, 1.82) is 0 Å². The fraction of sp³-hybridized carbons (Fsp3) is 0.333. The van der Waals surface area contributed by atoms with Crippen molar-refractivity contribution in [3.05, 3.63) is 33.1 Å². The van der Waals surface area contributed by atoms with Crippen LogP contribution in [0.4, 0.5) is 4.39 Å². The van der Waals surface area contributed by atoms with E-state index in [1.54, 1.807) is 6.07 Å². The Bertz CT molecular complexity index is 253. The van der Waals surface area contributed by atoms with Gasteiger partial charge in [-0.2, -0.15) is 0 Å². The molecule has 66 valence electrons. The highest BCUT2D eigenvalue weighted by molar-refractivity contribution is 14.1. The first kappa shape index (κ1) is 9.92. The van der Waals surface area contributed by atoms with E-state index in [0.717, 1.165) is 9.13 Å². The van der Waals surface area contributed by atoms with Crippen LogP contribution in [-0.2, 0) is 6.42 Å². The molecule has 0 heterocycles. The quantitative estimate of drug-likeness (QED) is 0.826. The number of nitrogens with two attached hydrogens (primary N) is 1. The molecule has 12 heavy (non-hydrogen) atoms. The highest BCUT2D eigenvalue weighted by Crippen LogP contribution is 2.16. The molecule has 0 aliphatic heterocycles. The molecule has 0 bridgehead atoms. The molecule has 0 aliphatic carbocycles. The molecule has 0 saturated carbocycles. The lowest BCUT2D eigenvalue weighted by Crippen LogP contribution is -2.19. The monoisotopic (exact) mass is 279 g/mol. The summed E-state index contributed by atoms with van der Waals surface area (Å²) in [4.78, 5) is 0. The van der Waals surface area contributed by atoms with E-state index in [2.05, 4.69) is 22.6 Å². The van der Waals surface area contributed by atoms with Crippen molar-refractivity contribution in [1.82, 2.24) is 0 Å². The van der Waals surface area contributed by atoms with Crippen molar-refractivity contribution < 1.29 is 4.39 Å². The highest BCUT2D eigenvalue weighted by Gasteiger charge is 2.07. The van der Waals surface area contributed by atoms with Gasteiger partial charge in [0.15, 0.2) is 0 Å². The topological polar surface area (TPSA) is 26.0 Å². The second kappa shape index (κ2) is 4.18. The Morgan fingerprint density at radius 2 is 2.25 bits per heavy atom. The van der Waals surface area contributed by atoms with Gasteiger partial charge in [0.05, 0.1) is 0 Å². The Morgan fingerprint density at radius 1 is 1.58 bits per heavy atom. The molecule has 0 saturated heterocycles. The molecule has 1 rings (SSSR count). The molecule has 0 radical (unpaired) electrons. The fourth-order valence-electron chi connectivity index (χ4n) is 1.05. The van der Waals surface area contributed by atoms with E-state index < -0.39 is 0 Å². The predicted molar refractivity (Wildman–Crippen MR) is 56.5 cm³/mol. The molecule has 2 N–H and O–H groups in total. The van der Waals surface area contributed by atoms with Gasteiger partial charge in [-0.1, -0.05) is 6.07 Å². The highest BCUT2D eigenvalue weighted by atomic mass is 127. The molecule has 1 nitrogen and oxygen atoms in total. The number of hydrogen-bond donors (Lipinski definition) is 1. The standard InChI is InChI=1S/C9H11FIN/c1-6(12)5-7-8(10)3-2-4-9(7)11/h2-4,6H,5,12H2,1H3/t6-/m0/s1. The van der Waals surface area contributed by atoms with Crippen LogP contribution in [0.1, 0.15) is 12.5 Å². The minimum Gasteiger partial charge on any atom is -0.328 e. The Labute approximate surface area is 85.3 Å². The third-order valence-electron chi connectivity index (χ3n) is 1.59. The first-order chi connectivity index (χ1) is 5.61. The zero-order chi connectivity index (χ0) is 9.14. The van der Waals surface area contributed by atoms with Gasteiger partial charge < -0.3 is 5.73 Å². The van der Waals surface area contributed by atoms with Crippen LogP contribution in [0.25, 0.3) is 0 Å². The summed E-state index contributed by atoms with van der Waals surface area (Å²) >= 11 is 2.12. The number of rotatable bonds is 2. The fourth-order valence-corrected chi connectivity index (χ4v) is 1.73. The van der Waals surface area contributed by atoms with Gasteiger partial charge in [0.25, 0.3) is 0 Å². The lowest BCUT2D eigenvalue weighted by Gasteiger charge is -2.08. The molecule has 0 aromatic heterocycles. The first-order valence-electron chi connectivity index (χ1n) is 3.79. The number of benzene rings is 1. The third kappa shape index (κ3) is 2.42. The van der Waals surface area contributed by atoms with Gasteiger partial charge in [0, 0.05) is 15.2 Å². The van der Waals surface area contributed by atoms with E-state index in [1.807, 2.05) is 13.0 Å². The van der Waals surface area contributed by atoms with Gasteiger partial charge in [0.2, 0.25) is 0 Å². The molecular weight excluding hydrogens is 268 g/mol. The molecule has 1 atom stereocenters. The average Bonchev–Trinajstić information content (AvgIpc) is 1.97. The van der Waals surface area contributed by atoms with Crippen LogP contribution in [-0.4, -0.2) is 6.04 Å². The Kier molecular flexibility index (Phi) is 3.46. The van der Waals surface area contributed by atoms with Gasteiger partial charge in [-0.3, -0.25) is 0 Å². The second-order valence-corrected chi connectivity index (χ2v) is 4.04. The molecule has 0 aliphatic rings. The van der Waals surface area contributed by atoms with Crippen molar-refractivity contribution >= 4 is 22.6 Å². The summed E-state index contributed by atoms with van der Waals surface area (Å²) in [6.45, 7) is 1.88. The van der Waals surface area contributed by atoms with Gasteiger partial charge in [-0.15, -0.1) is 0 Å². The molecule has 0 fully saturated rings. The summed E-state index contributed by atoms with van der Waals surface area (Å²) in [5.74, 6) is -0.154. The van der Waals surface area contributed by atoms with Crippen LogP contribution >= 0.6 is 22.6 Å². The Balaban J connectivity index is 2.96. The minimum atomic E-state index is -0.154. The maximum Gasteiger partial charge on any atom is 0.127 e. The largest absolute Gasteiger partial charge is 0.328 e. The predicted octanol–water partition coefficient (Wildman–Crippen LogP) is 2.32. The first-order valence-corrected chi connectivity index (χ1v) is 4.87. The lowest BCUT2D eigenvalue weighted by atomic mass is 10.1. The van der Waals surface area contributed by atoms with E-state index in [1.165, 1.54) is 6.07 Å². The Morgan fingerprint density at radius 3 is 2.75 bits per heavy atom. The molecular formula is C9H11FIN. The summed E-state index contributed by atoms with van der Waals surface area (Å²) in [6, 6.07) is 5.08. The molecule has 0 spiro atoms. The van der Waals surface area contributed by atoms with E-state index in [0.29, 0.717) is 6.42 Å². The molecule has 0 unspecified atom stereocenters. The van der Waals surface area contributed by atoms with Crippen LogP contribution in [0.2, 0.25) is 0 Å². The van der Waals surface area contributed by atoms with Crippen molar-refractivity contribution in [2.45, 2.75) is 19.4 Å². The lowest BCUT2D eigenvalue weighted by molar-refractivity contribution is 0.594. The summed E-state index contributed by atoms with van der Waals surface area (Å²) in [5.41, 5.74) is 6.32. The zero-order valence-corrected chi connectivity index (χ0v) is 9.01. The van der Waals surface area contributed by atoms with Gasteiger partial charge in [-0.25, -0.2) is 4.39 Å². The number of hydrogen-bond acceptors (Lipinski definition) is 1. The zero-order valence-electron chi connectivity index (χ0n) is 6.85. The molecule has 1 aromatic rings. The second-order valence-electron chi connectivity index (χ2n) is 2.88. The molecule has 0 amide bonds.